The van der Waals surface area contributed by atoms with Crippen molar-refractivity contribution in [3.8, 4) is 0 Å². The molecule has 0 amide bonds. The molecule has 1 aromatic carbocycles. The van der Waals surface area contributed by atoms with Gasteiger partial charge in [0.25, 0.3) is 0 Å². The molecule has 0 aliphatic heterocycles. The largest absolute Gasteiger partial charge is 0.329 e. The molecule has 2 rings (SSSR count). The van der Waals surface area contributed by atoms with E-state index in [1.807, 2.05) is 6.07 Å². The van der Waals surface area contributed by atoms with Crippen LogP contribution in [-0.2, 0) is 13.1 Å². The van der Waals surface area contributed by atoms with Crippen LogP contribution in [0.15, 0.2) is 48.3 Å². The highest BCUT2D eigenvalue weighted by molar-refractivity contribution is 6.31. The van der Waals surface area contributed by atoms with Gasteiger partial charge in [-0.2, -0.15) is 0 Å². The van der Waals surface area contributed by atoms with Crippen molar-refractivity contribution < 1.29 is 0 Å². The second kappa shape index (κ2) is 4.63. The monoisotopic (exact) mass is 248 g/mol. The molecule has 4 heteroatoms. The number of imidazole rings is 1. The van der Waals surface area contributed by atoms with Crippen LogP contribution in [0.1, 0.15) is 0 Å². The Labute approximate surface area is 104 Å². The number of benzene rings is 1. The number of fused-ring (bicyclic) bond motifs is 1. The lowest BCUT2D eigenvalue weighted by atomic mass is 10.3. The molecule has 0 radical (unpaired) electrons. The summed E-state index contributed by atoms with van der Waals surface area (Å²) in [5, 5.41) is 0.617. The summed E-state index contributed by atoms with van der Waals surface area (Å²) in [6.07, 6.45) is 3.40. The molecule has 0 bridgehead atoms. The van der Waals surface area contributed by atoms with Crippen LogP contribution in [0.25, 0.3) is 11.0 Å². The molecule has 1 aromatic heterocycles. The zero-order valence-corrected chi connectivity index (χ0v) is 10.2. The van der Waals surface area contributed by atoms with Gasteiger partial charge in [0, 0.05) is 18.1 Å². The summed E-state index contributed by atoms with van der Waals surface area (Å²) in [5.74, 6) is 0. The molecular formula is C13H13ClN2O. The van der Waals surface area contributed by atoms with Crippen LogP contribution < -0.4 is 5.69 Å². The smallest absolute Gasteiger partial charge is 0.288 e. The van der Waals surface area contributed by atoms with Gasteiger partial charge in [0.2, 0.25) is 0 Å². The Hall–Kier alpha value is -1.74. The minimum atomic E-state index is -0.0675. The molecule has 0 aliphatic carbocycles. The molecule has 0 unspecified atom stereocenters. The average molecular weight is 249 g/mol. The highest BCUT2D eigenvalue weighted by Crippen LogP contribution is 2.18. The second-order valence-electron chi connectivity index (χ2n) is 3.71. The molecule has 17 heavy (non-hydrogen) atoms. The normalized spacial score (nSPS) is 10.6. The Balaban J connectivity index is 2.82. The Morgan fingerprint density at radius 1 is 1.12 bits per heavy atom. The maximum atomic E-state index is 12.2. The molecule has 0 aliphatic rings. The quantitative estimate of drug-likeness (QED) is 0.765. The summed E-state index contributed by atoms with van der Waals surface area (Å²) in [6, 6.07) is 5.42. The minimum Gasteiger partial charge on any atom is -0.288 e. The van der Waals surface area contributed by atoms with Gasteiger partial charge in [0.1, 0.15) is 0 Å². The van der Waals surface area contributed by atoms with E-state index in [9.17, 15) is 4.79 Å². The lowest BCUT2D eigenvalue weighted by Crippen LogP contribution is -2.23. The van der Waals surface area contributed by atoms with Crippen LogP contribution in [0.3, 0.4) is 0 Å². The molecule has 0 saturated carbocycles. The molecule has 3 nitrogen and oxygen atoms in total. The predicted molar refractivity (Wildman–Crippen MR) is 71.6 cm³/mol. The molecule has 0 fully saturated rings. The molecule has 0 N–H and O–H groups in total. The van der Waals surface area contributed by atoms with E-state index in [-0.39, 0.29) is 5.69 Å². The number of hydrogen-bond acceptors (Lipinski definition) is 1. The lowest BCUT2D eigenvalue weighted by molar-refractivity contribution is 0.719. The zero-order chi connectivity index (χ0) is 12.4. The van der Waals surface area contributed by atoms with Crippen molar-refractivity contribution in [2.24, 2.45) is 0 Å². The van der Waals surface area contributed by atoms with Gasteiger partial charge in [-0.1, -0.05) is 23.8 Å². The Kier molecular flexibility index (Phi) is 3.20. The third kappa shape index (κ3) is 1.94. The summed E-state index contributed by atoms with van der Waals surface area (Å²) < 4.78 is 3.32. The molecular weight excluding hydrogens is 236 g/mol. The number of allylic oxidation sites excluding steroid dienone is 2. The van der Waals surface area contributed by atoms with Crippen LogP contribution in [-0.4, -0.2) is 9.13 Å². The second-order valence-corrected chi connectivity index (χ2v) is 4.15. The van der Waals surface area contributed by atoms with Crippen molar-refractivity contribution in [2.75, 3.05) is 0 Å². The van der Waals surface area contributed by atoms with Crippen molar-refractivity contribution in [1.82, 2.24) is 9.13 Å². The fourth-order valence-corrected chi connectivity index (χ4v) is 2.07. The average Bonchev–Trinajstić information content (AvgIpc) is 2.55. The highest BCUT2D eigenvalue weighted by atomic mass is 35.5. The third-order valence-electron chi connectivity index (χ3n) is 2.60. The molecule has 0 spiro atoms. The molecule has 0 saturated heterocycles. The summed E-state index contributed by atoms with van der Waals surface area (Å²) in [4.78, 5) is 12.2. The number of nitrogens with zero attached hydrogens (tertiary/aromatic N) is 2. The molecule has 0 atom stereocenters. The molecule has 2 aromatic rings. The lowest BCUT2D eigenvalue weighted by Gasteiger charge is -1.98. The standard InChI is InChI=1S/C13H13ClN2O/c1-3-7-15-11-6-5-10(14)9-12(11)16(8-4-2)13(15)17/h3-6,9H,1-2,7-8H2. The van der Waals surface area contributed by atoms with Crippen molar-refractivity contribution in [2.45, 2.75) is 13.1 Å². The van der Waals surface area contributed by atoms with Gasteiger partial charge in [0.05, 0.1) is 11.0 Å². The van der Waals surface area contributed by atoms with Crippen molar-refractivity contribution >= 4 is 22.6 Å². The van der Waals surface area contributed by atoms with Gasteiger partial charge in [-0.3, -0.25) is 9.13 Å². The van der Waals surface area contributed by atoms with Crippen molar-refractivity contribution in [1.29, 1.82) is 0 Å². The highest BCUT2D eigenvalue weighted by Gasteiger charge is 2.11. The van der Waals surface area contributed by atoms with Gasteiger partial charge < -0.3 is 0 Å². The Morgan fingerprint density at radius 3 is 2.29 bits per heavy atom. The van der Waals surface area contributed by atoms with Crippen LogP contribution >= 0.6 is 11.6 Å². The van der Waals surface area contributed by atoms with Crippen molar-refractivity contribution in [3.05, 3.63) is 59.0 Å². The van der Waals surface area contributed by atoms with E-state index in [1.165, 1.54) is 0 Å². The van der Waals surface area contributed by atoms with E-state index >= 15 is 0 Å². The van der Waals surface area contributed by atoms with E-state index in [0.29, 0.717) is 18.1 Å². The zero-order valence-electron chi connectivity index (χ0n) is 9.40. The van der Waals surface area contributed by atoms with Gasteiger partial charge >= 0.3 is 5.69 Å². The number of rotatable bonds is 4. The fraction of sp³-hybridized carbons (Fsp3) is 0.154. The first-order chi connectivity index (χ1) is 8.19. The predicted octanol–water partition coefficient (Wildman–Crippen LogP) is 2.83. The summed E-state index contributed by atoms with van der Waals surface area (Å²) in [6.45, 7) is 8.28. The first-order valence-electron chi connectivity index (χ1n) is 5.29. The van der Waals surface area contributed by atoms with Gasteiger partial charge in [-0.15, -0.1) is 13.2 Å². The molecule has 88 valence electrons. The van der Waals surface area contributed by atoms with E-state index in [1.54, 1.807) is 33.4 Å². The Bertz CT molecular complexity index is 637. The summed E-state index contributed by atoms with van der Waals surface area (Å²) >= 11 is 5.96. The van der Waals surface area contributed by atoms with Crippen LogP contribution in [0.4, 0.5) is 0 Å². The SMILES string of the molecule is C=CCn1c(=O)n(CC=C)c2cc(Cl)ccc21. The number of aromatic nitrogens is 2. The number of hydrogen-bond donors (Lipinski definition) is 0. The van der Waals surface area contributed by atoms with Gasteiger partial charge in [-0.05, 0) is 18.2 Å². The van der Waals surface area contributed by atoms with Gasteiger partial charge in [-0.25, -0.2) is 4.79 Å². The maximum Gasteiger partial charge on any atom is 0.329 e. The number of halogens is 1. The van der Waals surface area contributed by atoms with Crippen LogP contribution in [0.2, 0.25) is 5.02 Å². The summed E-state index contributed by atoms with van der Waals surface area (Å²) in [7, 11) is 0. The summed E-state index contributed by atoms with van der Waals surface area (Å²) in [5.41, 5.74) is 1.62. The van der Waals surface area contributed by atoms with E-state index < -0.39 is 0 Å². The van der Waals surface area contributed by atoms with Crippen molar-refractivity contribution in [3.63, 3.8) is 0 Å². The fourth-order valence-electron chi connectivity index (χ4n) is 1.90. The molecule has 1 heterocycles. The first kappa shape index (κ1) is 11.7. The topological polar surface area (TPSA) is 26.9 Å². The van der Waals surface area contributed by atoms with Crippen LogP contribution in [0.5, 0.6) is 0 Å². The third-order valence-corrected chi connectivity index (χ3v) is 2.84. The van der Waals surface area contributed by atoms with Crippen LogP contribution in [0, 0.1) is 0 Å². The Morgan fingerprint density at radius 2 is 1.71 bits per heavy atom. The van der Waals surface area contributed by atoms with Gasteiger partial charge in [0.15, 0.2) is 0 Å². The van der Waals surface area contributed by atoms with E-state index in [2.05, 4.69) is 13.2 Å². The maximum absolute atomic E-state index is 12.2. The van der Waals surface area contributed by atoms with E-state index in [4.69, 9.17) is 11.6 Å². The first-order valence-corrected chi connectivity index (χ1v) is 5.67. The van der Waals surface area contributed by atoms with E-state index in [0.717, 1.165) is 11.0 Å². The minimum absolute atomic E-state index is 0.0675.